The first-order valence-electron chi connectivity index (χ1n) is 0.730. The van der Waals surface area contributed by atoms with Crippen molar-refractivity contribution >= 4 is 100 Å². The van der Waals surface area contributed by atoms with E-state index in [0.717, 1.165) is 0 Å². The van der Waals surface area contributed by atoms with Crippen LogP contribution in [0.1, 0.15) is 0 Å². The van der Waals surface area contributed by atoms with Crippen molar-refractivity contribution in [2.24, 2.45) is 0 Å². The van der Waals surface area contributed by atoms with Crippen molar-refractivity contribution < 1.29 is 19.2 Å². The standard InChI is InChI=1S/Mg.H3O4P.Sn.Sr/c;1-5(2,3)4;;/h;(H3,1,2,3,4);;/q+2;;+4;+2/p-3. The van der Waals surface area contributed by atoms with Gasteiger partial charge in [-0.05, 0) is 0 Å². The van der Waals surface area contributed by atoms with E-state index in [1.165, 1.54) is 0 Å². The number of hydrogen-bond donors (Lipinski definition) is 0. The van der Waals surface area contributed by atoms with Gasteiger partial charge in [0.2, 0.25) is 0 Å². The number of hydrogen-bond acceptors (Lipinski definition) is 4. The van der Waals surface area contributed by atoms with Gasteiger partial charge in [0.1, 0.15) is 0 Å². The Morgan fingerprint density at radius 3 is 1.12 bits per heavy atom. The summed E-state index contributed by atoms with van der Waals surface area (Å²) in [4.78, 5) is 25.6. The average molecular weight is 326 g/mol. The molecule has 4 nitrogen and oxygen atoms in total. The van der Waals surface area contributed by atoms with Crippen LogP contribution in [0.2, 0.25) is 0 Å². The van der Waals surface area contributed by atoms with Crippen LogP contribution in [0.4, 0.5) is 0 Å². The van der Waals surface area contributed by atoms with Crippen LogP contribution in [0.3, 0.4) is 0 Å². The zero-order valence-corrected chi connectivity index (χ0v) is 12.6. The molecule has 0 bridgehead atoms. The third-order valence-electron chi connectivity index (χ3n) is 0. The van der Waals surface area contributed by atoms with Gasteiger partial charge in [0.05, 0.1) is 0 Å². The Balaban J connectivity index is -0.0000000267. The van der Waals surface area contributed by atoms with Gasteiger partial charge in [0.25, 0.3) is 0 Å². The SMILES string of the molecule is O=P([O-])([O-])[O-].[Mg+2].[Sn+4].[Sr+2]. The van der Waals surface area contributed by atoms with Gasteiger partial charge in [-0.25, -0.2) is 0 Å². The molecule has 0 aromatic carbocycles. The first kappa shape index (κ1) is 22.5. The Morgan fingerprint density at radius 2 is 1.12 bits per heavy atom. The molecule has 8 heteroatoms. The summed E-state index contributed by atoms with van der Waals surface area (Å²) in [6.07, 6.45) is 0. The van der Waals surface area contributed by atoms with Crippen LogP contribution in [0.5, 0.6) is 0 Å². The Hall–Kier alpha value is 3.16. The monoisotopic (exact) mass is 327 g/mol. The van der Waals surface area contributed by atoms with Gasteiger partial charge in [-0.15, -0.1) is 0 Å². The Labute approximate surface area is 117 Å². The molecule has 0 unspecified atom stereocenters. The minimum atomic E-state index is -5.39. The van der Waals surface area contributed by atoms with Gasteiger partial charge < -0.3 is 19.2 Å². The minimum absolute atomic E-state index is 0. The molecule has 0 aliphatic carbocycles. The maximum atomic E-state index is 8.55. The van der Waals surface area contributed by atoms with Crippen LogP contribution in [0, 0.1) is 0 Å². The topological polar surface area (TPSA) is 86.2 Å². The Morgan fingerprint density at radius 1 is 1.12 bits per heavy atom. The fourth-order valence-electron chi connectivity index (χ4n) is 0. The van der Waals surface area contributed by atoms with Crippen molar-refractivity contribution in [2.75, 3.05) is 0 Å². The molecule has 0 saturated heterocycles. The van der Waals surface area contributed by atoms with Crippen molar-refractivity contribution in [1.29, 1.82) is 0 Å². The summed E-state index contributed by atoms with van der Waals surface area (Å²) < 4.78 is 8.55. The van der Waals surface area contributed by atoms with Crippen molar-refractivity contribution in [3.8, 4) is 0 Å². The van der Waals surface area contributed by atoms with Crippen LogP contribution in [-0.4, -0.2) is 92.4 Å². The molecule has 0 radical (unpaired) electrons. The summed E-state index contributed by atoms with van der Waals surface area (Å²) in [6, 6.07) is 0. The van der Waals surface area contributed by atoms with Crippen LogP contribution in [0.15, 0.2) is 0 Å². The predicted molar refractivity (Wildman–Crippen MR) is 24.9 cm³/mol. The molecule has 0 aliphatic rings. The second kappa shape index (κ2) is 10.2. The smallest absolute Gasteiger partial charge is 0.822 e. The molecule has 0 heterocycles. The molecule has 32 valence electrons. The van der Waals surface area contributed by atoms with E-state index in [4.69, 9.17) is 19.2 Å². The third-order valence-corrected chi connectivity index (χ3v) is 0. The molecule has 0 saturated carbocycles. The summed E-state index contributed by atoms with van der Waals surface area (Å²) >= 11 is 0. The summed E-state index contributed by atoms with van der Waals surface area (Å²) in [5.41, 5.74) is 0. The third kappa shape index (κ3) is 61.2. The zero-order chi connectivity index (χ0) is 4.50. The van der Waals surface area contributed by atoms with Gasteiger partial charge >= 0.3 is 92.4 Å². The van der Waals surface area contributed by atoms with Crippen molar-refractivity contribution in [3.63, 3.8) is 0 Å². The maximum absolute atomic E-state index is 8.55. The van der Waals surface area contributed by atoms with Gasteiger partial charge in [0, 0.05) is 0 Å². The molecule has 0 N–H and O–H groups in total. The van der Waals surface area contributed by atoms with E-state index in [2.05, 4.69) is 0 Å². The largest absolute Gasteiger partial charge is 4.00 e. The molecular formula is MgO4PSnSr+5. The molecule has 0 aromatic heterocycles. The molecule has 0 amide bonds. The molecule has 0 fully saturated rings. The van der Waals surface area contributed by atoms with E-state index in [1.807, 2.05) is 0 Å². The fraction of sp³-hybridized carbons (Fsp3) is 0. The van der Waals surface area contributed by atoms with Gasteiger partial charge in [-0.2, -0.15) is 7.82 Å². The van der Waals surface area contributed by atoms with E-state index >= 15 is 0 Å². The molecule has 0 spiro atoms. The molecule has 8 heavy (non-hydrogen) atoms. The fourth-order valence-corrected chi connectivity index (χ4v) is 0. The van der Waals surface area contributed by atoms with Crippen LogP contribution in [0.25, 0.3) is 0 Å². The summed E-state index contributed by atoms with van der Waals surface area (Å²) in [7, 11) is -5.39. The van der Waals surface area contributed by atoms with Crippen molar-refractivity contribution in [2.45, 2.75) is 0 Å². The first-order valence-corrected chi connectivity index (χ1v) is 2.19. The summed E-state index contributed by atoms with van der Waals surface area (Å²) in [5.74, 6) is 0. The predicted octanol–water partition coefficient (Wildman–Crippen LogP) is -3.97. The normalized spacial score (nSPS) is 7.38. The first-order chi connectivity index (χ1) is 2.00. The maximum Gasteiger partial charge on any atom is 4.00 e. The number of rotatable bonds is 0. The van der Waals surface area contributed by atoms with Gasteiger partial charge in [-0.3, -0.25) is 0 Å². The van der Waals surface area contributed by atoms with Crippen LogP contribution in [-0.2, 0) is 4.57 Å². The summed E-state index contributed by atoms with van der Waals surface area (Å²) in [6.45, 7) is 0. The van der Waals surface area contributed by atoms with Crippen LogP contribution >= 0.6 is 7.82 Å². The Kier molecular flexibility index (Phi) is 28.5. The molecule has 0 rings (SSSR count). The number of phosphoric acid groups is 1. The second-order valence-electron chi connectivity index (χ2n) is 0.447. The van der Waals surface area contributed by atoms with E-state index in [9.17, 15) is 0 Å². The minimum Gasteiger partial charge on any atom is -0.822 e. The van der Waals surface area contributed by atoms with Crippen molar-refractivity contribution in [3.05, 3.63) is 0 Å². The van der Waals surface area contributed by atoms with E-state index in [1.54, 1.807) is 0 Å². The average Bonchev–Trinajstić information content (AvgIpc) is 0.722. The molecule has 0 atom stereocenters. The van der Waals surface area contributed by atoms with Gasteiger partial charge in [0.15, 0.2) is 0 Å². The second-order valence-corrected chi connectivity index (χ2v) is 1.34. The van der Waals surface area contributed by atoms with Gasteiger partial charge in [-0.1, -0.05) is 0 Å². The molecular weight excluding hydrogens is 326 g/mol. The van der Waals surface area contributed by atoms with Crippen molar-refractivity contribution in [1.82, 2.24) is 0 Å². The van der Waals surface area contributed by atoms with E-state index in [0.29, 0.717) is 0 Å². The van der Waals surface area contributed by atoms with Crippen LogP contribution < -0.4 is 14.7 Å². The zero-order valence-electron chi connectivity index (χ0n) is 3.99. The van der Waals surface area contributed by atoms with E-state index in [-0.39, 0.29) is 92.4 Å². The summed E-state index contributed by atoms with van der Waals surface area (Å²) in [5, 5.41) is 0. The quantitative estimate of drug-likeness (QED) is 0.336. The molecule has 0 aliphatic heterocycles. The Bertz CT molecular complexity index is 62.2. The van der Waals surface area contributed by atoms with E-state index < -0.39 is 7.82 Å². The molecule has 0 aromatic rings.